The molecule has 0 spiro atoms. The molecule has 30 heavy (non-hydrogen) atoms. The van der Waals surface area contributed by atoms with E-state index in [1.54, 1.807) is 0 Å². The van der Waals surface area contributed by atoms with Crippen LogP contribution < -0.4 is 5.56 Å². The first-order valence-corrected chi connectivity index (χ1v) is 10.8. The number of nitrogens with one attached hydrogen (secondary N) is 1. The minimum Gasteiger partial charge on any atom is -0.349 e. The van der Waals surface area contributed by atoms with Crippen LogP contribution in [-0.2, 0) is 11.8 Å². The fourth-order valence-electron chi connectivity index (χ4n) is 3.55. The van der Waals surface area contributed by atoms with Gasteiger partial charge < -0.3 is 4.98 Å². The summed E-state index contributed by atoms with van der Waals surface area (Å²) in [4.78, 5) is 20.5. The number of benzene rings is 2. The van der Waals surface area contributed by atoms with Crippen molar-refractivity contribution >= 4 is 44.1 Å². The quantitative estimate of drug-likeness (QED) is 0.396. The zero-order chi connectivity index (χ0) is 21.5. The van der Waals surface area contributed by atoms with Gasteiger partial charge in [-0.05, 0) is 47.1 Å². The molecule has 2 aromatic carbocycles. The zero-order valence-corrected chi connectivity index (χ0v) is 19.2. The Balaban J connectivity index is 1.55. The van der Waals surface area contributed by atoms with Gasteiger partial charge in [0.15, 0.2) is 0 Å². The molecule has 0 aliphatic rings. The second kappa shape index (κ2) is 7.84. The molecule has 4 rings (SSSR count). The van der Waals surface area contributed by atoms with Gasteiger partial charge in [-0.2, -0.15) is 9.78 Å². The van der Waals surface area contributed by atoms with Gasteiger partial charge in [0.1, 0.15) is 17.4 Å². The molecule has 4 aromatic rings. The lowest BCUT2D eigenvalue weighted by molar-refractivity contribution is 0.589. The SMILES string of the molecule is CC(/C=N/n1cnc2c([nH]c3ccc(Br)cc32)c1=O)Cc1ccc(C(C)(C)C)cc1. The average molecular weight is 465 g/mol. The fraction of sp³-hybridized carbons (Fsp3) is 0.292. The lowest BCUT2D eigenvalue weighted by atomic mass is 9.86. The molecule has 154 valence electrons. The molecule has 0 saturated carbocycles. The Kier molecular flexibility index (Phi) is 5.36. The van der Waals surface area contributed by atoms with E-state index in [4.69, 9.17) is 0 Å². The molecule has 0 aliphatic carbocycles. The van der Waals surface area contributed by atoms with Gasteiger partial charge in [0, 0.05) is 21.6 Å². The third kappa shape index (κ3) is 4.10. The van der Waals surface area contributed by atoms with E-state index in [1.165, 1.54) is 22.1 Å². The molecule has 0 bridgehead atoms. The van der Waals surface area contributed by atoms with Crippen molar-refractivity contribution in [3.63, 3.8) is 0 Å². The van der Waals surface area contributed by atoms with Crippen molar-refractivity contribution in [1.82, 2.24) is 14.6 Å². The van der Waals surface area contributed by atoms with Crippen LogP contribution >= 0.6 is 15.9 Å². The normalized spacial score (nSPS) is 13.5. The summed E-state index contributed by atoms with van der Waals surface area (Å²) in [5, 5.41) is 5.30. The van der Waals surface area contributed by atoms with E-state index in [0.717, 1.165) is 21.8 Å². The molecule has 0 aliphatic heterocycles. The summed E-state index contributed by atoms with van der Waals surface area (Å²) in [7, 11) is 0. The van der Waals surface area contributed by atoms with E-state index in [2.05, 4.69) is 83.0 Å². The predicted octanol–water partition coefficient (Wildman–Crippen LogP) is 5.65. The Morgan fingerprint density at radius 2 is 1.93 bits per heavy atom. The van der Waals surface area contributed by atoms with Crippen LogP contribution in [-0.4, -0.2) is 20.9 Å². The third-order valence-electron chi connectivity index (χ3n) is 5.27. The monoisotopic (exact) mass is 464 g/mol. The number of hydrogen-bond acceptors (Lipinski definition) is 3. The van der Waals surface area contributed by atoms with Crippen LogP contribution in [0.2, 0.25) is 0 Å². The van der Waals surface area contributed by atoms with Crippen molar-refractivity contribution in [3.8, 4) is 0 Å². The molecule has 0 amide bonds. The molecule has 2 heterocycles. The Hall–Kier alpha value is -2.73. The van der Waals surface area contributed by atoms with E-state index in [1.807, 2.05) is 24.4 Å². The zero-order valence-electron chi connectivity index (χ0n) is 17.6. The van der Waals surface area contributed by atoms with Crippen LogP contribution in [0.1, 0.15) is 38.8 Å². The van der Waals surface area contributed by atoms with Gasteiger partial charge in [0.2, 0.25) is 0 Å². The minimum atomic E-state index is -0.203. The van der Waals surface area contributed by atoms with E-state index in [-0.39, 0.29) is 16.9 Å². The molecular formula is C24H25BrN4O. The maximum atomic E-state index is 12.9. The summed E-state index contributed by atoms with van der Waals surface area (Å²) < 4.78 is 2.25. The van der Waals surface area contributed by atoms with E-state index in [9.17, 15) is 4.79 Å². The number of nitrogens with zero attached hydrogens (tertiary/aromatic N) is 3. The largest absolute Gasteiger partial charge is 0.349 e. The average Bonchev–Trinajstić information content (AvgIpc) is 3.06. The molecule has 0 radical (unpaired) electrons. The van der Waals surface area contributed by atoms with Crippen LogP contribution in [0.15, 0.2) is 63.2 Å². The number of rotatable bonds is 4. The van der Waals surface area contributed by atoms with Gasteiger partial charge in [0.25, 0.3) is 5.56 Å². The van der Waals surface area contributed by atoms with E-state index in [0.29, 0.717) is 11.0 Å². The summed E-state index contributed by atoms with van der Waals surface area (Å²) in [6, 6.07) is 14.6. The van der Waals surface area contributed by atoms with Gasteiger partial charge >= 0.3 is 0 Å². The maximum Gasteiger partial charge on any atom is 0.298 e. The molecular weight excluding hydrogens is 440 g/mol. The molecule has 5 nitrogen and oxygen atoms in total. The number of H-pyrrole nitrogens is 1. The molecule has 0 saturated heterocycles. The van der Waals surface area contributed by atoms with Crippen molar-refractivity contribution in [3.05, 3.63) is 74.7 Å². The van der Waals surface area contributed by atoms with Crippen molar-refractivity contribution in [1.29, 1.82) is 0 Å². The predicted molar refractivity (Wildman–Crippen MR) is 127 cm³/mol. The summed E-state index contributed by atoms with van der Waals surface area (Å²) in [6.07, 6.45) is 4.16. The maximum absolute atomic E-state index is 12.9. The standard InChI is InChI=1S/C24H25BrN4O/c1-15(11-16-5-7-17(8-6-16)24(2,3)4)13-27-29-14-26-21-19-12-18(25)9-10-20(19)28-22(21)23(29)30/h5-10,12-15,28H,11H2,1-4H3/b27-13+. The summed E-state index contributed by atoms with van der Waals surface area (Å²) in [5.74, 6) is 0.187. The first-order chi connectivity index (χ1) is 14.2. The van der Waals surface area contributed by atoms with Gasteiger partial charge in [-0.1, -0.05) is 67.9 Å². The van der Waals surface area contributed by atoms with Crippen molar-refractivity contribution in [2.45, 2.75) is 39.5 Å². The van der Waals surface area contributed by atoms with Crippen molar-refractivity contribution in [2.24, 2.45) is 11.0 Å². The Bertz CT molecular complexity index is 1290. The first kappa shape index (κ1) is 20.5. The van der Waals surface area contributed by atoms with E-state index >= 15 is 0 Å². The van der Waals surface area contributed by atoms with Crippen LogP contribution in [0.4, 0.5) is 0 Å². The Morgan fingerprint density at radius 1 is 1.20 bits per heavy atom. The second-order valence-corrected chi connectivity index (χ2v) is 9.74. The smallest absolute Gasteiger partial charge is 0.298 e. The lowest BCUT2D eigenvalue weighted by Crippen LogP contribution is -2.18. The van der Waals surface area contributed by atoms with Gasteiger partial charge in [0.05, 0.1) is 0 Å². The van der Waals surface area contributed by atoms with Gasteiger partial charge in [-0.25, -0.2) is 4.98 Å². The van der Waals surface area contributed by atoms with Gasteiger partial charge in [-0.3, -0.25) is 4.79 Å². The second-order valence-electron chi connectivity index (χ2n) is 8.83. The summed E-state index contributed by atoms with van der Waals surface area (Å²) in [6.45, 7) is 8.74. The highest BCUT2D eigenvalue weighted by atomic mass is 79.9. The fourth-order valence-corrected chi connectivity index (χ4v) is 3.91. The molecule has 1 unspecified atom stereocenters. The van der Waals surface area contributed by atoms with E-state index < -0.39 is 0 Å². The molecule has 2 aromatic heterocycles. The first-order valence-electron chi connectivity index (χ1n) is 10.0. The lowest BCUT2D eigenvalue weighted by Gasteiger charge is -2.19. The minimum absolute atomic E-state index is 0.150. The Labute approximate surface area is 184 Å². The highest BCUT2D eigenvalue weighted by molar-refractivity contribution is 9.10. The third-order valence-corrected chi connectivity index (χ3v) is 5.77. The Morgan fingerprint density at radius 3 is 2.63 bits per heavy atom. The molecule has 0 fully saturated rings. The number of aromatic nitrogens is 3. The van der Waals surface area contributed by atoms with Crippen LogP contribution in [0.5, 0.6) is 0 Å². The topological polar surface area (TPSA) is 63.0 Å². The van der Waals surface area contributed by atoms with Crippen LogP contribution in [0.3, 0.4) is 0 Å². The number of halogens is 1. The summed E-state index contributed by atoms with van der Waals surface area (Å²) >= 11 is 3.47. The number of hydrogen-bond donors (Lipinski definition) is 1. The highest BCUT2D eigenvalue weighted by Crippen LogP contribution is 2.25. The molecule has 1 N–H and O–H groups in total. The number of fused-ring (bicyclic) bond motifs is 3. The molecule has 6 heteroatoms. The van der Waals surface area contributed by atoms with Crippen LogP contribution in [0, 0.1) is 5.92 Å². The van der Waals surface area contributed by atoms with Crippen molar-refractivity contribution < 1.29 is 0 Å². The molecule has 1 atom stereocenters. The number of aromatic amines is 1. The van der Waals surface area contributed by atoms with Crippen molar-refractivity contribution in [2.75, 3.05) is 0 Å². The van der Waals surface area contributed by atoms with Gasteiger partial charge in [-0.15, -0.1) is 0 Å². The van der Waals surface area contributed by atoms with Crippen LogP contribution in [0.25, 0.3) is 21.9 Å². The highest BCUT2D eigenvalue weighted by Gasteiger charge is 2.13. The summed E-state index contributed by atoms with van der Waals surface area (Å²) in [5.41, 5.74) is 4.53.